The number of hydrogen-bond acceptors (Lipinski definition) is 6. The van der Waals surface area contributed by atoms with Crippen LogP contribution in [0.2, 0.25) is 5.02 Å². The van der Waals surface area contributed by atoms with Gasteiger partial charge in [-0.05, 0) is 56.7 Å². The second-order valence-corrected chi connectivity index (χ2v) is 6.39. The zero-order valence-electron chi connectivity index (χ0n) is 17.7. The van der Waals surface area contributed by atoms with Gasteiger partial charge in [-0.15, -0.1) is 6.42 Å². The molecule has 1 N–H and O–H groups in total. The van der Waals surface area contributed by atoms with Crippen molar-refractivity contribution < 1.29 is 23.7 Å². The van der Waals surface area contributed by atoms with Gasteiger partial charge in [-0.3, -0.25) is 4.79 Å². The Balaban J connectivity index is 2.15. The Kier molecular flexibility index (Phi) is 9.53. The van der Waals surface area contributed by atoms with Crippen LogP contribution in [-0.4, -0.2) is 38.5 Å². The summed E-state index contributed by atoms with van der Waals surface area (Å²) in [7, 11) is 0. The number of ether oxygens (including phenoxy) is 4. The number of carbonyl (C=O) groups is 1. The average Bonchev–Trinajstić information content (AvgIpc) is 2.75. The highest BCUT2D eigenvalue weighted by molar-refractivity contribution is 6.32. The quantitative estimate of drug-likeness (QED) is 0.317. The molecule has 0 bridgehead atoms. The summed E-state index contributed by atoms with van der Waals surface area (Å²) in [4.78, 5) is 12.5. The van der Waals surface area contributed by atoms with Gasteiger partial charge in [0.25, 0.3) is 5.91 Å². The van der Waals surface area contributed by atoms with E-state index in [0.717, 1.165) is 0 Å². The van der Waals surface area contributed by atoms with E-state index in [9.17, 15) is 4.79 Å². The predicted octanol–water partition coefficient (Wildman–Crippen LogP) is 4.31. The molecule has 0 aliphatic heterocycles. The van der Waals surface area contributed by atoms with E-state index in [1.54, 1.807) is 30.3 Å². The summed E-state index contributed by atoms with van der Waals surface area (Å²) in [5.74, 6) is 3.86. The summed E-state index contributed by atoms with van der Waals surface area (Å²) in [5, 5.41) is 4.32. The maximum atomic E-state index is 12.5. The number of benzene rings is 2. The predicted molar refractivity (Wildman–Crippen MR) is 121 cm³/mol. The molecule has 0 fully saturated rings. The van der Waals surface area contributed by atoms with Gasteiger partial charge in [0.1, 0.15) is 6.61 Å². The van der Waals surface area contributed by atoms with Gasteiger partial charge in [0.2, 0.25) is 0 Å². The maximum absolute atomic E-state index is 12.5. The first kappa shape index (κ1) is 23.9. The van der Waals surface area contributed by atoms with Crippen LogP contribution in [0.4, 0.5) is 0 Å². The molecule has 8 heteroatoms. The molecule has 0 atom stereocenters. The van der Waals surface area contributed by atoms with Crippen LogP contribution in [0.25, 0.3) is 0 Å². The van der Waals surface area contributed by atoms with Crippen molar-refractivity contribution in [2.24, 2.45) is 5.10 Å². The Morgan fingerprint density at radius 2 is 1.71 bits per heavy atom. The Bertz CT molecular complexity index is 969. The fraction of sp³-hybridized carbons (Fsp3) is 0.304. The number of hydrogen-bond donors (Lipinski definition) is 1. The molecule has 2 rings (SSSR count). The van der Waals surface area contributed by atoms with E-state index in [1.165, 1.54) is 6.21 Å². The van der Waals surface area contributed by atoms with Crippen molar-refractivity contribution in [3.05, 3.63) is 46.5 Å². The number of amides is 1. The van der Waals surface area contributed by atoms with Crippen molar-refractivity contribution in [3.63, 3.8) is 0 Å². The zero-order valence-corrected chi connectivity index (χ0v) is 18.5. The minimum atomic E-state index is -0.398. The molecule has 0 aromatic heterocycles. The fourth-order valence-corrected chi connectivity index (χ4v) is 2.88. The zero-order chi connectivity index (χ0) is 22.6. The molecule has 0 radical (unpaired) electrons. The van der Waals surface area contributed by atoms with Gasteiger partial charge in [-0.1, -0.05) is 17.5 Å². The van der Waals surface area contributed by atoms with E-state index >= 15 is 0 Å². The Morgan fingerprint density at radius 3 is 2.39 bits per heavy atom. The van der Waals surface area contributed by atoms with Crippen molar-refractivity contribution in [1.29, 1.82) is 0 Å². The van der Waals surface area contributed by atoms with Crippen LogP contribution in [0.5, 0.6) is 23.0 Å². The van der Waals surface area contributed by atoms with Crippen molar-refractivity contribution in [2.45, 2.75) is 20.8 Å². The van der Waals surface area contributed by atoms with Crippen molar-refractivity contribution in [1.82, 2.24) is 5.43 Å². The highest BCUT2D eigenvalue weighted by Gasteiger charge is 2.13. The summed E-state index contributed by atoms with van der Waals surface area (Å²) in [5.41, 5.74) is 3.48. The Morgan fingerprint density at radius 1 is 1.03 bits per heavy atom. The second-order valence-electron chi connectivity index (χ2n) is 5.98. The lowest BCUT2D eigenvalue weighted by atomic mass is 10.2. The normalized spacial score (nSPS) is 10.4. The molecule has 0 unspecified atom stereocenters. The third-order valence-corrected chi connectivity index (χ3v) is 4.10. The Labute approximate surface area is 187 Å². The summed E-state index contributed by atoms with van der Waals surface area (Å²) in [6.45, 7) is 7.00. The van der Waals surface area contributed by atoms with Crippen LogP contribution in [0.15, 0.2) is 35.4 Å². The van der Waals surface area contributed by atoms with Crippen molar-refractivity contribution >= 4 is 23.7 Å². The van der Waals surface area contributed by atoms with Crippen LogP contribution < -0.4 is 24.4 Å². The van der Waals surface area contributed by atoms with E-state index < -0.39 is 5.91 Å². The van der Waals surface area contributed by atoms with E-state index in [2.05, 4.69) is 16.4 Å². The molecule has 0 aliphatic rings. The fourth-order valence-electron chi connectivity index (χ4n) is 2.60. The molecular weight excluding hydrogens is 420 g/mol. The summed E-state index contributed by atoms with van der Waals surface area (Å²) in [6.07, 6.45) is 6.69. The van der Waals surface area contributed by atoms with Crippen LogP contribution in [0.1, 0.15) is 36.7 Å². The van der Waals surface area contributed by atoms with Crippen LogP contribution in [0, 0.1) is 12.3 Å². The summed E-state index contributed by atoms with van der Waals surface area (Å²) in [6, 6.07) is 8.27. The van der Waals surface area contributed by atoms with Crippen LogP contribution in [0.3, 0.4) is 0 Å². The average molecular weight is 445 g/mol. The lowest BCUT2D eigenvalue weighted by molar-refractivity contribution is 0.0954. The van der Waals surface area contributed by atoms with Gasteiger partial charge < -0.3 is 18.9 Å². The minimum Gasteiger partial charge on any atom is -0.490 e. The third-order valence-electron chi connectivity index (χ3n) is 3.82. The molecule has 0 spiro atoms. The number of halogens is 1. The SMILES string of the molecule is C#CCOc1c(Cl)cc(/C=N/NC(=O)c2ccc(OCC)c(OCC)c2)cc1OCC. The minimum absolute atomic E-state index is 0.0646. The number of nitrogens with one attached hydrogen (secondary N) is 1. The van der Waals surface area contributed by atoms with Gasteiger partial charge in [0.05, 0.1) is 31.1 Å². The standard InChI is InChI=1S/C23H25ClN2O5/c1-5-11-31-22-18(24)12-16(13-21(22)30-8-4)15-25-26-23(27)17-9-10-19(28-6-2)20(14-17)29-7-3/h1,9-10,12-15H,6-8,11H2,2-4H3,(H,26,27)/b25-15+. The number of carbonyl (C=O) groups excluding carboxylic acids is 1. The van der Waals surface area contributed by atoms with E-state index in [4.69, 9.17) is 37.0 Å². The van der Waals surface area contributed by atoms with E-state index in [1.807, 2.05) is 20.8 Å². The van der Waals surface area contributed by atoms with Crippen LogP contribution in [-0.2, 0) is 0 Å². The topological polar surface area (TPSA) is 78.4 Å². The van der Waals surface area contributed by atoms with Gasteiger partial charge in [-0.25, -0.2) is 5.43 Å². The van der Waals surface area contributed by atoms with Gasteiger partial charge in [0.15, 0.2) is 23.0 Å². The number of rotatable bonds is 11. The first-order valence-electron chi connectivity index (χ1n) is 9.79. The molecule has 0 saturated heterocycles. The molecule has 164 valence electrons. The lowest BCUT2D eigenvalue weighted by Gasteiger charge is -2.13. The molecule has 2 aromatic carbocycles. The first-order chi connectivity index (χ1) is 15.0. The Hall–Kier alpha value is -3.37. The summed E-state index contributed by atoms with van der Waals surface area (Å²) < 4.78 is 22.1. The van der Waals surface area contributed by atoms with E-state index in [0.29, 0.717) is 59.0 Å². The molecular formula is C23H25ClN2O5. The smallest absolute Gasteiger partial charge is 0.271 e. The largest absolute Gasteiger partial charge is 0.490 e. The molecule has 1 amide bonds. The third kappa shape index (κ3) is 6.83. The van der Waals surface area contributed by atoms with Crippen LogP contribution >= 0.6 is 11.6 Å². The van der Waals surface area contributed by atoms with Gasteiger partial charge >= 0.3 is 0 Å². The molecule has 0 saturated carbocycles. The summed E-state index contributed by atoms with van der Waals surface area (Å²) >= 11 is 6.28. The molecule has 0 heterocycles. The molecule has 0 aliphatic carbocycles. The molecule has 7 nitrogen and oxygen atoms in total. The monoisotopic (exact) mass is 444 g/mol. The van der Waals surface area contributed by atoms with Gasteiger partial charge in [-0.2, -0.15) is 5.10 Å². The number of nitrogens with zero attached hydrogens (tertiary/aromatic N) is 1. The lowest BCUT2D eigenvalue weighted by Crippen LogP contribution is -2.17. The first-order valence-corrected chi connectivity index (χ1v) is 10.2. The highest BCUT2D eigenvalue weighted by Crippen LogP contribution is 2.36. The van der Waals surface area contributed by atoms with Crippen molar-refractivity contribution in [3.8, 4) is 35.3 Å². The molecule has 31 heavy (non-hydrogen) atoms. The van der Waals surface area contributed by atoms with Gasteiger partial charge in [0, 0.05) is 5.56 Å². The second kappa shape index (κ2) is 12.4. The molecule has 2 aromatic rings. The van der Waals surface area contributed by atoms with Crippen molar-refractivity contribution in [2.75, 3.05) is 26.4 Å². The highest BCUT2D eigenvalue weighted by atomic mass is 35.5. The van der Waals surface area contributed by atoms with E-state index in [-0.39, 0.29) is 6.61 Å². The maximum Gasteiger partial charge on any atom is 0.271 e. The number of hydrazone groups is 1. The number of terminal acetylenes is 1.